The van der Waals surface area contributed by atoms with Crippen molar-refractivity contribution in [2.75, 3.05) is 5.32 Å². The Balaban J connectivity index is 1.40. The Kier molecular flexibility index (Phi) is 5.55. The van der Waals surface area contributed by atoms with E-state index >= 15 is 4.39 Å². The zero-order chi connectivity index (χ0) is 26.0. The van der Waals surface area contributed by atoms with Crippen LogP contribution in [0, 0.1) is 23.6 Å². The van der Waals surface area contributed by atoms with E-state index in [0.29, 0.717) is 21.6 Å². The second-order valence-electron chi connectivity index (χ2n) is 10.0. The summed E-state index contributed by atoms with van der Waals surface area (Å²) in [7, 11) is 0. The third-order valence-electron chi connectivity index (χ3n) is 7.91. The number of nitrogens with one attached hydrogen (secondary N) is 2. The lowest BCUT2D eigenvalue weighted by atomic mass is 9.61. The van der Waals surface area contributed by atoms with E-state index < -0.39 is 23.7 Å². The van der Waals surface area contributed by atoms with Crippen molar-refractivity contribution in [3.8, 4) is 22.0 Å². The van der Waals surface area contributed by atoms with Gasteiger partial charge in [-0.15, -0.1) is 11.3 Å². The van der Waals surface area contributed by atoms with Crippen molar-refractivity contribution >= 4 is 56.0 Å². The van der Waals surface area contributed by atoms with Crippen LogP contribution in [0.2, 0.25) is 5.15 Å². The highest BCUT2D eigenvalue weighted by atomic mass is 35.5. The van der Waals surface area contributed by atoms with Crippen LogP contribution in [0.4, 0.5) is 10.2 Å². The average Bonchev–Trinajstić information content (AvgIpc) is 3.54. The predicted molar refractivity (Wildman–Crippen MR) is 145 cm³/mol. The number of aromatic nitrogens is 5. The average molecular weight is 549 g/mol. The summed E-state index contributed by atoms with van der Waals surface area (Å²) in [4.78, 5) is 33.9. The molecule has 3 N–H and O–H groups in total. The van der Waals surface area contributed by atoms with Crippen LogP contribution in [0.15, 0.2) is 42.7 Å². The molecule has 3 aliphatic carbocycles. The minimum Gasteiger partial charge on any atom is -0.481 e. The van der Waals surface area contributed by atoms with Crippen LogP contribution in [-0.4, -0.2) is 42.0 Å². The largest absolute Gasteiger partial charge is 0.481 e. The Morgan fingerprint density at radius 2 is 1.92 bits per heavy atom. The molecule has 3 saturated carbocycles. The lowest BCUT2D eigenvalue weighted by Crippen LogP contribution is -2.51. The lowest BCUT2D eigenvalue weighted by molar-refractivity contribution is -0.148. The van der Waals surface area contributed by atoms with Crippen molar-refractivity contribution < 1.29 is 14.3 Å². The van der Waals surface area contributed by atoms with Crippen LogP contribution in [0.25, 0.3) is 43.2 Å². The Bertz CT molecular complexity index is 1680. The van der Waals surface area contributed by atoms with Gasteiger partial charge in [0.15, 0.2) is 23.1 Å². The summed E-state index contributed by atoms with van der Waals surface area (Å²) >= 11 is 7.56. The number of anilines is 1. The van der Waals surface area contributed by atoms with Gasteiger partial charge in [-0.25, -0.2) is 24.3 Å². The molecule has 3 fully saturated rings. The first kappa shape index (κ1) is 23.5. The molecule has 4 aromatic heterocycles. The number of thiophene rings is 1. The van der Waals surface area contributed by atoms with Gasteiger partial charge in [0.1, 0.15) is 16.4 Å². The first-order valence-corrected chi connectivity index (χ1v) is 13.7. The van der Waals surface area contributed by atoms with Gasteiger partial charge in [0.05, 0.1) is 22.6 Å². The van der Waals surface area contributed by atoms with E-state index in [1.165, 1.54) is 17.5 Å². The minimum atomic E-state index is -0.849. The molecule has 192 valence electrons. The van der Waals surface area contributed by atoms with E-state index in [4.69, 9.17) is 11.6 Å². The van der Waals surface area contributed by atoms with Crippen molar-refractivity contribution in [3.63, 3.8) is 0 Å². The molecular formula is C27H22ClFN6O2S. The fourth-order valence-electron chi connectivity index (χ4n) is 6.14. The van der Waals surface area contributed by atoms with Crippen LogP contribution in [-0.2, 0) is 4.79 Å². The maximum absolute atomic E-state index is 16.2. The number of fused-ring (bicyclic) bond motifs is 5. The monoisotopic (exact) mass is 548 g/mol. The number of H-pyrrole nitrogens is 1. The van der Waals surface area contributed by atoms with Gasteiger partial charge in [-0.2, -0.15) is 0 Å². The van der Waals surface area contributed by atoms with Crippen molar-refractivity contribution in [3.05, 3.63) is 53.7 Å². The number of aromatic amines is 1. The highest BCUT2D eigenvalue weighted by Gasteiger charge is 2.47. The van der Waals surface area contributed by atoms with E-state index in [-0.39, 0.29) is 34.3 Å². The van der Waals surface area contributed by atoms with Gasteiger partial charge in [0.25, 0.3) is 0 Å². The summed E-state index contributed by atoms with van der Waals surface area (Å²) in [5.41, 5.74) is 1.65. The molecule has 1 aromatic carbocycles. The van der Waals surface area contributed by atoms with Crippen LogP contribution in [0.5, 0.6) is 0 Å². The van der Waals surface area contributed by atoms with Crippen LogP contribution >= 0.6 is 22.9 Å². The number of benzene rings is 1. The number of nitrogens with zero attached hydrogens (tertiary/aromatic N) is 4. The maximum Gasteiger partial charge on any atom is 0.308 e. The van der Waals surface area contributed by atoms with Crippen molar-refractivity contribution in [1.82, 2.24) is 24.9 Å². The molecule has 4 heterocycles. The number of hydrogen-bond donors (Lipinski definition) is 3. The number of aliphatic carboxylic acids is 1. The summed E-state index contributed by atoms with van der Waals surface area (Å²) in [6, 6.07) is 9.33. The molecule has 0 spiro atoms. The van der Waals surface area contributed by atoms with E-state index in [1.54, 1.807) is 6.20 Å². The molecule has 3 aliphatic rings. The molecule has 0 aliphatic heterocycles. The number of carboxylic acids is 1. The Hall–Kier alpha value is -3.63. The second kappa shape index (κ2) is 8.99. The number of hydrogen-bond acceptors (Lipinski definition) is 7. The predicted octanol–water partition coefficient (Wildman–Crippen LogP) is 6.39. The number of carbonyl (C=O) groups is 1. The summed E-state index contributed by atoms with van der Waals surface area (Å²) in [5.74, 6) is -1.58. The zero-order valence-electron chi connectivity index (χ0n) is 20.0. The Morgan fingerprint density at radius 1 is 1.13 bits per heavy atom. The topological polar surface area (TPSA) is 117 Å². The van der Waals surface area contributed by atoms with Gasteiger partial charge in [-0.05, 0) is 55.0 Å². The summed E-state index contributed by atoms with van der Waals surface area (Å²) < 4.78 is 17.2. The molecule has 0 saturated heterocycles. The molecule has 2 unspecified atom stereocenters. The zero-order valence-corrected chi connectivity index (χ0v) is 21.6. The molecule has 0 amide bonds. The molecular weight excluding hydrogens is 527 g/mol. The van der Waals surface area contributed by atoms with Crippen molar-refractivity contribution in [1.29, 1.82) is 0 Å². The lowest BCUT2D eigenvalue weighted by Gasteiger charge is -2.47. The quantitative estimate of drug-likeness (QED) is 0.233. The van der Waals surface area contributed by atoms with Gasteiger partial charge < -0.3 is 15.4 Å². The van der Waals surface area contributed by atoms with E-state index in [0.717, 1.165) is 35.8 Å². The molecule has 11 heteroatoms. The van der Waals surface area contributed by atoms with Gasteiger partial charge >= 0.3 is 5.97 Å². The van der Waals surface area contributed by atoms with E-state index in [9.17, 15) is 9.90 Å². The number of carboxylic acid groups (broad SMARTS) is 1. The molecule has 0 radical (unpaired) electrons. The van der Waals surface area contributed by atoms with Gasteiger partial charge in [-0.1, -0.05) is 29.8 Å². The van der Waals surface area contributed by atoms with Crippen molar-refractivity contribution in [2.45, 2.75) is 31.7 Å². The fraction of sp³-hybridized carbons (Fsp3) is 0.296. The third-order valence-corrected chi connectivity index (χ3v) is 9.22. The number of halogens is 2. The molecule has 2 atom stereocenters. The maximum atomic E-state index is 16.2. The normalized spacial score (nSPS) is 22.8. The Labute approximate surface area is 225 Å². The van der Waals surface area contributed by atoms with Crippen LogP contribution < -0.4 is 5.32 Å². The van der Waals surface area contributed by atoms with Gasteiger partial charge in [-0.3, -0.25) is 4.79 Å². The molecule has 2 bridgehead atoms. The minimum absolute atomic E-state index is 0.00408. The van der Waals surface area contributed by atoms with Crippen LogP contribution in [0.3, 0.4) is 0 Å². The Morgan fingerprint density at radius 3 is 2.71 bits per heavy atom. The summed E-state index contributed by atoms with van der Waals surface area (Å²) in [6.07, 6.45) is 6.74. The van der Waals surface area contributed by atoms with Crippen molar-refractivity contribution in [2.24, 2.45) is 17.8 Å². The summed E-state index contributed by atoms with van der Waals surface area (Å²) in [5, 5.41) is 14.5. The SMILES string of the molecule is O=C(O)C1C2CCC(CC2)C1Nc1nc(-c2c[nH]c3ncc(Cl)nc23)nc(-c2cc3ccccc3s2)c1F. The molecule has 5 aromatic rings. The molecule has 8 rings (SSSR count). The summed E-state index contributed by atoms with van der Waals surface area (Å²) in [6.45, 7) is 0. The highest BCUT2D eigenvalue weighted by Crippen LogP contribution is 2.47. The standard InChI is InChI=1S/C27H22ClFN6O2S/c28-18-11-31-26-22(32-18)15(10-30-26)24-34-23(17-9-14-3-1-2-4-16(14)38-17)20(29)25(35-24)33-21-13-7-5-12(6-8-13)19(21)27(36)37/h1-4,9-13,19,21H,5-8H2,(H,30,31)(H,36,37)(H,33,34,35). The smallest absolute Gasteiger partial charge is 0.308 e. The van der Waals surface area contributed by atoms with E-state index in [1.807, 2.05) is 30.3 Å². The second-order valence-corrected chi connectivity index (χ2v) is 11.5. The fourth-order valence-corrected chi connectivity index (χ4v) is 7.32. The first-order chi connectivity index (χ1) is 18.5. The van der Waals surface area contributed by atoms with Gasteiger partial charge in [0.2, 0.25) is 0 Å². The third kappa shape index (κ3) is 3.82. The van der Waals surface area contributed by atoms with E-state index in [2.05, 4.69) is 30.2 Å². The molecule has 8 nitrogen and oxygen atoms in total. The highest BCUT2D eigenvalue weighted by molar-refractivity contribution is 7.22. The van der Waals surface area contributed by atoms with Crippen LogP contribution in [0.1, 0.15) is 25.7 Å². The molecule has 38 heavy (non-hydrogen) atoms. The first-order valence-electron chi connectivity index (χ1n) is 12.5. The number of rotatable bonds is 5. The van der Waals surface area contributed by atoms with Gasteiger partial charge in [0, 0.05) is 16.9 Å².